The van der Waals surface area contributed by atoms with Crippen molar-refractivity contribution in [2.75, 3.05) is 5.32 Å². The molecule has 0 fully saturated rings. The van der Waals surface area contributed by atoms with Crippen LogP contribution < -0.4 is 11.1 Å². The summed E-state index contributed by atoms with van der Waals surface area (Å²) in [5.41, 5.74) is 10.5. The molecule has 0 bridgehead atoms. The first kappa shape index (κ1) is 16.0. The largest absolute Gasteiger partial charge is 0.326 e. The number of hydrogen-bond acceptors (Lipinski definition) is 2. The van der Waals surface area contributed by atoms with E-state index in [1.807, 2.05) is 66.7 Å². The van der Waals surface area contributed by atoms with Crippen LogP contribution >= 0.6 is 0 Å². The van der Waals surface area contributed by atoms with Gasteiger partial charge in [-0.2, -0.15) is 0 Å². The fourth-order valence-corrected chi connectivity index (χ4v) is 2.62. The number of benzene rings is 3. The second-order valence-corrected chi connectivity index (χ2v) is 5.67. The van der Waals surface area contributed by atoms with E-state index in [-0.39, 0.29) is 5.91 Å². The summed E-state index contributed by atoms with van der Waals surface area (Å²) >= 11 is 0. The lowest BCUT2D eigenvalue weighted by molar-refractivity contribution is 0.102. The molecular formula is C21H20N2O. The van der Waals surface area contributed by atoms with Crippen molar-refractivity contribution in [2.45, 2.75) is 13.0 Å². The summed E-state index contributed by atoms with van der Waals surface area (Å²) in [5, 5.41) is 2.93. The summed E-state index contributed by atoms with van der Waals surface area (Å²) in [6.07, 6.45) is 0.860. The second kappa shape index (κ2) is 7.57. The van der Waals surface area contributed by atoms with E-state index in [2.05, 4.69) is 17.4 Å². The van der Waals surface area contributed by atoms with Crippen LogP contribution in [0, 0.1) is 0 Å². The molecule has 0 saturated heterocycles. The molecule has 0 saturated carbocycles. The average Bonchev–Trinajstić information content (AvgIpc) is 2.63. The molecule has 0 radical (unpaired) electrons. The first-order valence-electron chi connectivity index (χ1n) is 7.98. The Morgan fingerprint density at radius 1 is 0.792 bits per heavy atom. The van der Waals surface area contributed by atoms with E-state index in [4.69, 9.17) is 5.73 Å². The molecule has 0 spiro atoms. The Labute approximate surface area is 142 Å². The van der Waals surface area contributed by atoms with Crippen LogP contribution in [0.1, 0.15) is 27.0 Å². The van der Waals surface area contributed by atoms with E-state index in [0.717, 1.165) is 17.7 Å². The van der Waals surface area contributed by atoms with Gasteiger partial charge in [0.05, 0.1) is 0 Å². The molecule has 3 rings (SSSR count). The Hall–Kier alpha value is -2.91. The van der Waals surface area contributed by atoms with Crippen LogP contribution in [0.5, 0.6) is 0 Å². The molecule has 0 unspecified atom stereocenters. The third-order valence-corrected chi connectivity index (χ3v) is 3.95. The third-order valence-electron chi connectivity index (χ3n) is 3.95. The third kappa shape index (κ3) is 3.89. The van der Waals surface area contributed by atoms with E-state index < -0.39 is 0 Å². The van der Waals surface area contributed by atoms with Crippen LogP contribution in [0.3, 0.4) is 0 Å². The lowest BCUT2D eigenvalue weighted by Crippen LogP contribution is -2.14. The topological polar surface area (TPSA) is 55.1 Å². The molecule has 3 nitrogen and oxygen atoms in total. The Bertz CT molecular complexity index is 811. The maximum Gasteiger partial charge on any atom is 0.255 e. The predicted octanol–water partition coefficient (Wildman–Crippen LogP) is 3.99. The van der Waals surface area contributed by atoms with Crippen molar-refractivity contribution >= 4 is 11.6 Å². The molecule has 120 valence electrons. The quantitative estimate of drug-likeness (QED) is 0.748. The van der Waals surface area contributed by atoms with Crippen molar-refractivity contribution in [1.29, 1.82) is 0 Å². The lowest BCUT2D eigenvalue weighted by Gasteiger charge is -2.10. The minimum absolute atomic E-state index is 0.123. The summed E-state index contributed by atoms with van der Waals surface area (Å²) < 4.78 is 0. The minimum Gasteiger partial charge on any atom is -0.326 e. The van der Waals surface area contributed by atoms with Crippen molar-refractivity contribution in [2.24, 2.45) is 5.73 Å². The van der Waals surface area contributed by atoms with Crippen molar-refractivity contribution in [3.63, 3.8) is 0 Å². The van der Waals surface area contributed by atoms with E-state index >= 15 is 0 Å². The van der Waals surface area contributed by atoms with E-state index in [9.17, 15) is 4.79 Å². The van der Waals surface area contributed by atoms with Crippen LogP contribution in [-0.2, 0) is 13.0 Å². The van der Waals surface area contributed by atoms with Crippen LogP contribution in [0.2, 0.25) is 0 Å². The zero-order chi connectivity index (χ0) is 16.8. The molecule has 3 N–H and O–H groups in total. The summed E-state index contributed by atoms with van der Waals surface area (Å²) in [5.74, 6) is -0.123. The molecule has 0 aromatic heterocycles. The highest BCUT2D eigenvalue weighted by Crippen LogP contribution is 2.16. The van der Waals surface area contributed by atoms with Gasteiger partial charge in [-0.05, 0) is 41.3 Å². The number of anilines is 1. The van der Waals surface area contributed by atoms with Gasteiger partial charge in [-0.3, -0.25) is 4.79 Å². The summed E-state index contributed by atoms with van der Waals surface area (Å²) in [7, 11) is 0. The molecule has 3 aromatic rings. The highest BCUT2D eigenvalue weighted by atomic mass is 16.1. The van der Waals surface area contributed by atoms with Crippen LogP contribution in [0.15, 0.2) is 78.9 Å². The Balaban J connectivity index is 1.70. The van der Waals surface area contributed by atoms with Crippen LogP contribution in [0.25, 0.3) is 0 Å². The van der Waals surface area contributed by atoms with Gasteiger partial charge in [-0.1, -0.05) is 60.7 Å². The van der Waals surface area contributed by atoms with Gasteiger partial charge < -0.3 is 11.1 Å². The zero-order valence-corrected chi connectivity index (χ0v) is 13.4. The molecule has 0 aliphatic heterocycles. The molecule has 24 heavy (non-hydrogen) atoms. The van der Waals surface area contributed by atoms with E-state index in [1.54, 1.807) is 0 Å². The Morgan fingerprint density at radius 2 is 1.42 bits per heavy atom. The van der Waals surface area contributed by atoms with Crippen LogP contribution in [-0.4, -0.2) is 5.91 Å². The highest BCUT2D eigenvalue weighted by molar-refractivity contribution is 6.04. The number of nitrogens with two attached hydrogens (primary N) is 1. The van der Waals surface area contributed by atoms with Crippen LogP contribution in [0.4, 0.5) is 5.69 Å². The number of rotatable bonds is 5. The number of carbonyl (C=O) groups is 1. The molecule has 0 heterocycles. The van der Waals surface area contributed by atoms with E-state index in [0.29, 0.717) is 12.1 Å². The van der Waals surface area contributed by atoms with Crippen molar-refractivity contribution in [3.05, 3.63) is 101 Å². The number of para-hydroxylation sites is 1. The predicted molar refractivity (Wildman–Crippen MR) is 98.0 cm³/mol. The normalized spacial score (nSPS) is 10.4. The molecule has 0 aliphatic carbocycles. The second-order valence-electron chi connectivity index (χ2n) is 5.67. The molecular weight excluding hydrogens is 296 g/mol. The van der Waals surface area contributed by atoms with E-state index in [1.165, 1.54) is 11.1 Å². The highest BCUT2D eigenvalue weighted by Gasteiger charge is 2.08. The standard InChI is InChI=1S/C21H20N2O/c22-15-19-8-4-5-9-20(19)23-21(24)18-12-10-17(11-13-18)14-16-6-2-1-3-7-16/h1-13H,14-15,22H2,(H,23,24). The number of nitrogens with one attached hydrogen (secondary N) is 1. The number of carbonyl (C=O) groups excluding carboxylic acids is 1. The van der Waals surface area contributed by atoms with Gasteiger partial charge in [0.25, 0.3) is 5.91 Å². The zero-order valence-electron chi connectivity index (χ0n) is 13.4. The molecule has 3 heteroatoms. The summed E-state index contributed by atoms with van der Waals surface area (Å²) in [4.78, 5) is 12.4. The minimum atomic E-state index is -0.123. The van der Waals surface area contributed by atoms with Gasteiger partial charge in [-0.25, -0.2) is 0 Å². The fourth-order valence-electron chi connectivity index (χ4n) is 2.62. The molecule has 1 amide bonds. The van der Waals surface area contributed by atoms with Gasteiger partial charge in [0.15, 0.2) is 0 Å². The van der Waals surface area contributed by atoms with Crippen molar-refractivity contribution in [3.8, 4) is 0 Å². The maximum atomic E-state index is 12.4. The van der Waals surface area contributed by atoms with Gasteiger partial charge >= 0.3 is 0 Å². The monoisotopic (exact) mass is 316 g/mol. The first-order chi connectivity index (χ1) is 11.8. The van der Waals surface area contributed by atoms with Gasteiger partial charge in [0.1, 0.15) is 0 Å². The van der Waals surface area contributed by atoms with Gasteiger partial charge in [0.2, 0.25) is 0 Å². The Morgan fingerprint density at radius 3 is 2.12 bits per heavy atom. The molecule has 3 aromatic carbocycles. The summed E-state index contributed by atoms with van der Waals surface area (Å²) in [6, 6.07) is 25.6. The smallest absolute Gasteiger partial charge is 0.255 e. The summed E-state index contributed by atoms with van der Waals surface area (Å²) in [6.45, 7) is 0.395. The lowest BCUT2D eigenvalue weighted by atomic mass is 10.0. The van der Waals surface area contributed by atoms with Crippen molar-refractivity contribution < 1.29 is 4.79 Å². The Kier molecular flexibility index (Phi) is 5.04. The molecule has 0 atom stereocenters. The van der Waals surface area contributed by atoms with Crippen molar-refractivity contribution in [1.82, 2.24) is 0 Å². The molecule has 0 aliphatic rings. The SMILES string of the molecule is NCc1ccccc1NC(=O)c1ccc(Cc2ccccc2)cc1. The number of hydrogen-bond donors (Lipinski definition) is 2. The fraction of sp³-hybridized carbons (Fsp3) is 0.0952. The maximum absolute atomic E-state index is 12.4. The van der Waals surface area contributed by atoms with Gasteiger partial charge in [-0.15, -0.1) is 0 Å². The van der Waals surface area contributed by atoms with Gasteiger partial charge in [0, 0.05) is 17.8 Å². The first-order valence-corrected chi connectivity index (χ1v) is 7.98. The number of amides is 1. The average molecular weight is 316 g/mol.